The highest BCUT2D eigenvalue weighted by Gasteiger charge is 2.21. The molecular weight excluding hydrogens is 244 g/mol. The highest BCUT2D eigenvalue weighted by Crippen LogP contribution is 2.22. The van der Waals surface area contributed by atoms with E-state index in [2.05, 4.69) is 0 Å². The molecule has 4 nitrogen and oxygen atoms in total. The van der Waals surface area contributed by atoms with Crippen molar-refractivity contribution in [1.29, 1.82) is 0 Å². The number of ether oxygens (including phenoxy) is 2. The molecule has 0 heterocycles. The number of methoxy groups -OCH3 is 1. The van der Waals surface area contributed by atoms with Crippen LogP contribution in [0.25, 0.3) is 0 Å². The van der Waals surface area contributed by atoms with Crippen molar-refractivity contribution in [3.05, 3.63) is 29.3 Å². The number of aryl methyl sites for hydroxylation is 1. The van der Waals surface area contributed by atoms with Gasteiger partial charge in [-0.05, 0) is 24.5 Å². The van der Waals surface area contributed by atoms with Gasteiger partial charge in [-0.3, -0.25) is 0 Å². The van der Waals surface area contributed by atoms with Gasteiger partial charge in [-0.1, -0.05) is 31.5 Å². The van der Waals surface area contributed by atoms with Gasteiger partial charge in [0, 0.05) is 6.42 Å². The van der Waals surface area contributed by atoms with Gasteiger partial charge in [-0.2, -0.15) is 0 Å². The molecule has 19 heavy (non-hydrogen) atoms. The van der Waals surface area contributed by atoms with Crippen molar-refractivity contribution in [1.82, 2.24) is 0 Å². The summed E-state index contributed by atoms with van der Waals surface area (Å²) < 4.78 is 10.7. The monoisotopic (exact) mass is 266 g/mol. The summed E-state index contributed by atoms with van der Waals surface area (Å²) in [4.78, 5) is 11.2. The average Bonchev–Trinajstić information content (AvgIpc) is 2.34. The largest absolute Gasteiger partial charge is 0.496 e. The Kier molecular flexibility index (Phi) is 5.83. The van der Waals surface area contributed by atoms with Gasteiger partial charge in [0.1, 0.15) is 5.75 Å². The maximum atomic E-state index is 11.2. The summed E-state index contributed by atoms with van der Waals surface area (Å²) in [6, 6.07) is 5.73. The predicted molar refractivity (Wildman–Crippen MR) is 73.6 cm³/mol. The van der Waals surface area contributed by atoms with E-state index in [1.165, 1.54) is 0 Å². The summed E-state index contributed by atoms with van der Waals surface area (Å²) in [7, 11) is 1.58. The molecule has 0 bridgehead atoms. The van der Waals surface area contributed by atoms with Crippen LogP contribution < -0.4 is 4.74 Å². The van der Waals surface area contributed by atoms with E-state index in [1.807, 2.05) is 39.0 Å². The van der Waals surface area contributed by atoms with Gasteiger partial charge in [0.2, 0.25) is 0 Å². The van der Waals surface area contributed by atoms with E-state index in [1.54, 1.807) is 7.11 Å². The van der Waals surface area contributed by atoms with Crippen molar-refractivity contribution >= 4 is 5.97 Å². The molecule has 0 amide bonds. The zero-order valence-electron chi connectivity index (χ0n) is 12.0. The first-order chi connectivity index (χ1) is 8.93. The van der Waals surface area contributed by atoms with Gasteiger partial charge >= 0.3 is 5.97 Å². The van der Waals surface area contributed by atoms with Gasteiger partial charge in [-0.25, -0.2) is 4.79 Å². The molecule has 1 N–H and O–H groups in total. The van der Waals surface area contributed by atoms with Crippen molar-refractivity contribution in [3.63, 3.8) is 0 Å². The van der Waals surface area contributed by atoms with Crippen LogP contribution in [0.1, 0.15) is 25.0 Å². The SMILES string of the molecule is COc1ccc(C)cc1C[C@H](OCC(C)C)C(=O)O. The lowest BCUT2D eigenvalue weighted by molar-refractivity contribution is -0.150. The van der Waals surface area contributed by atoms with Crippen LogP contribution in [0.3, 0.4) is 0 Å². The number of benzene rings is 1. The fourth-order valence-electron chi connectivity index (χ4n) is 1.79. The molecule has 0 aliphatic rings. The van der Waals surface area contributed by atoms with Crippen molar-refractivity contribution in [2.75, 3.05) is 13.7 Å². The molecule has 1 aromatic rings. The fraction of sp³-hybridized carbons (Fsp3) is 0.533. The molecule has 0 aliphatic heterocycles. The van der Waals surface area contributed by atoms with Gasteiger partial charge in [-0.15, -0.1) is 0 Å². The predicted octanol–water partition coefficient (Wildman–Crippen LogP) is 2.67. The summed E-state index contributed by atoms with van der Waals surface area (Å²) in [6.45, 7) is 6.39. The second-order valence-corrected chi connectivity index (χ2v) is 5.07. The smallest absolute Gasteiger partial charge is 0.333 e. The number of carboxylic acids is 1. The normalized spacial score (nSPS) is 12.5. The lowest BCUT2D eigenvalue weighted by Gasteiger charge is -2.17. The maximum absolute atomic E-state index is 11.2. The Labute approximate surface area is 114 Å². The van der Waals surface area contributed by atoms with Crippen LogP contribution in [0.2, 0.25) is 0 Å². The molecule has 0 aromatic heterocycles. The van der Waals surface area contributed by atoms with Crippen molar-refractivity contribution in [2.24, 2.45) is 5.92 Å². The summed E-state index contributed by atoms with van der Waals surface area (Å²) >= 11 is 0. The minimum absolute atomic E-state index is 0.307. The van der Waals surface area contributed by atoms with Gasteiger partial charge < -0.3 is 14.6 Å². The molecule has 106 valence electrons. The first-order valence-corrected chi connectivity index (χ1v) is 6.42. The Morgan fingerprint density at radius 2 is 2.05 bits per heavy atom. The third-order valence-electron chi connectivity index (χ3n) is 2.75. The molecule has 1 aromatic carbocycles. The van der Waals surface area contributed by atoms with E-state index in [4.69, 9.17) is 9.47 Å². The van der Waals surface area contributed by atoms with Gasteiger partial charge in [0.25, 0.3) is 0 Å². The summed E-state index contributed by atoms with van der Waals surface area (Å²) in [5.41, 5.74) is 1.93. The first kappa shape index (κ1) is 15.5. The molecule has 0 radical (unpaired) electrons. The van der Waals surface area contributed by atoms with E-state index in [0.29, 0.717) is 24.7 Å². The number of hydrogen-bond acceptors (Lipinski definition) is 3. The van der Waals surface area contributed by atoms with E-state index < -0.39 is 12.1 Å². The van der Waals surface area contributed by atoms with Crippen LogP contribution in [0, 0.1) is 12.8 Å². The average molecular weight is 266 g/mol. The minimum atomic E-state index is -0.941. The second-order valence-electron chi connectivity index (χ2n) is 5.07. The Balaban J connectivity index is 2.83. The maximum Gasteiger partial charge on any atom is 0.333 e. The van der Waals surface area contributed by atoms with Gasteiger partial charge in [0.15, 0.2) is 6.10 Å². The molecule has 0 saturated heterocycles. The lowest BCUT2D eigenvalue weighted by atomic mass is 10.0. The molecule has 1 rings (SSSR count). The Morgan fingerprint density at radius 3 is 2.58 bits per heavy atom. The minimum Gasteiger partial charge on any atom is -0.496 e. The lowest BCUT2D eigenvalue weighted by Crippen LogP contribution is -2.28. The van der Waals surface area contributed by atoms with E-state index >= 15 is 0 Å². The fourth-order valence-corrected chi connectivity index (χ4v) is 1.79. The number of carbonyl (C=O) groups is 1. The molecular formula is C15H22O4. The quantitative estimate of drug-likeness (QED) is 0.824. The summed E-state index contributed by atoms with van der Waals surface area (Å²) in [5.74, 6) is 0.0652. The number of hydrogen-bond donors (Lipinski definition) is 1. The van der Waals surface area contributed by atoms with Crippen LogP contribution >= 0.6 is 0 Å². The van der Waals surface area contributed by atoms with Crippen LogP contribution in [0.5, 0.6) is 5.75 Å². The standard InChI is InChI=1S/C15H22O4/c1-10(2)9-19-14(15(16)17)8-12-7-11(3)5-6-13(12)18-4/h5-7,10,14H,8-9H2,1-4H3,(H,16,17)/t14-/m0/s1. The zero-order valence-corrected chi connectivity index (χ0v) is 12.0. The molecule has 4 heteroatoms. The molecule has 0 unspecified atom stereocenters. The van der Waals surface area contributed by atoms with Crippen LogP contribution in [-0.2, 0) is 16.0 Å². The molecule has 0 fully saturated rings. The van der Waals surface area contributed by atoms with Crippen LogP contribution in [0.15, 0.2) is 18.2 Å². The Morgan fingerprint density at radius 1 is 1.37 bits per heavy atom. The second kappa shape index (κ2) is 7.14. The molecule has 1 atom stereocenters. The van der Waals surface area contributed by atoms with Crippen molar-refractivity contribution < 1.29 is 19.4 Å². The zero-order chi connectivity index (χ0) is 14.4. The van der Waals surface area contributed by atoms with E-state index in [0.717, 1.165) is 11.1 Å². The summed E-state index contributed by atoms with van der Waals surface area (Å²) in [6.07, 6.45) is -0.523. The molecule has 0 spiro atoms. The molecule has 0 aliphatic carbocycles. The van der Waals surface area contributed by atoms with Crippen LogP contribution in [-0.4, -0.2) is 30.9 Å². The third kappa shape index (κ3) is 4.91. The number of aliphatic carboxylic acids is 1. The Hall–Kier alpha value is -1.55. The van der Waals surface area contributed by atoms with Crippen molar-refractivity contribution in [2.45, 2.75) is 33.3 Å². The third-order valence-corrected chi connectivity index (χ3v) is 2.75. The molecule has 0 saturated carbocycles. The van der Waals surface area contributed by atoms with E-state index in [9.17, 15) is 9.90 Å². The Bertz CT molecular complexity index is 426. The topological polar surface area (TPSA) is 55.8 Å². The number of rotatable bonds is 7. The highest BCUT2D eigenvalue weighted by atomic mass is 16.5. The van der Waals surface area contributed by atoms with Crippen molar-refractivity contribution in [3.8, 4) is 5.75 Å². The number of carboxylic acid groups (broad SMARTS) is 1. The van der Waals surface area contributed by atoms with Crippen LogP contribution in [0.4, 0.5) is 0 Å². The first-order valence-electron chi connectivity index (χ1n) is 6.42. The van der Waals surface area contributed by atoms with E-state index in [-0.39, 0.29) is 0 Å². The highest BCUT2D eigenvalue weighted by molar-refractivity contribution is 5.73. The van der Waals surface area contributed by atoms with Gasteiger partial charge in [0.05, 0.1) is 13.7 Å². The summed E-state index contributed by atoms with van der Waals surface area (Å²) in [5, 5.41) is 9.21.